The number of nitrogens with zero attached hydrogens (tertiary/aromatic N) is 2. The minimum atomic E-state index is -0.156. The highest BCUT2D eigenvalue weighted by molar-refractivity contribution is 6.36. The number of H-pyrrole nitrogens is 1. The number of fused-ring (bicyclic) bond motifs is 1. The third-order valence-electron chi connectivity index (χ3n) is 4.70. The van der Waals surface area contributed by atoms with Crippen LogP contribution in [0.2, 0.25) is 10.0 Å². The summed E-state index contributed by atoms with van der Waals surface area (Å²) in [4.78, 5) is 17.4. The first kappa shape index (κ1) is 18.6. The molecule has 2 aromatic heterocycles. The highest BCUT2D eigenvalue weighted by Gasteiger charge is 2.17. The highest BCUT2D eigenvalue weighted by atomic mass is 35.5. The molecule has 0 amide bonds. The number of benzene rings is 2. The molecule has 0 saturated heterocycles. The van der Waals surface area contributed by atoms with E-state index < -0.39 is 0 Å². The quantitative estimate of drug-likeness (QED) is 0.478. The van der Waals surface area contributed by atoms with Gasteiger partial charge in [0.05, 0.1) is 5.02 Å². The zero-order valence-corrected chi connectivity index (χ0v) is 16.7. The van der Waals surface area contributed by atoms with Crippen molar-refractivity contribution in [3.8, 4) is 11.1 Å². The average Bonchev–Trinajstić information content (AvgIpc) is 2.98. The summed E-state index contributed by atoms with van der Waals surface area (Å²) >= 11 is 12.4. The molecule has 28 heavy (non-hydrogen) atoms. The zero-order valence-electron chi connectivity index (χ0n) is 15.2. The predicted octanol–water partition coefficient (Wildman–Crippen LogP) is 4.67. The van der Waals surface area contributed by atoms with Crippen molar-refractivity contribution in [1.82, 2.24) is 14.6 Å². The fourth-order valence-electron chi connectivity index (χ4n) is 3.30. The van der Waals surface area contributed by atoms with Gasteiger partial charge in [-0.05, 0) is 49.6 Å². The second-order valence-electron chi connectivity index (χ2n) is 6.72. The molecule has 4 aromatic rings. The summed E-state index contributed by atoms with van der Waals surface area (Å²) in [7, 11) is 0. The van der Waals surface area contributed by atoms with Gasteiger partial charge in [0.1, 0.15) is 0 Å². The number of aromatic amines is 1. The van der Waals surface area contributed by atoms with Crippen molar-refractivity contribution >= 4 is 34.5 Å². The van der Waals surface area contributed by atoms with Crippen LogP contribution in [0.15, 0.2) is 53.3 Å². The minimum absolute atomic E-state index is 0.156. The molecule has 0 spiro atoms. The van der Waals surface area contributed by atoms with Crippen LogP contribution in [0, 0.1) is 6.92 Å². The maximum Gasteiger partial charge on any atom is 0.272 e. The Kier molecular flexibility index (Phi) is 4.87. The second kappa shape index (κ2) is 7.34. The molecule has 0 aliphatic rings. The molecular weight excluding hydrogens is 395 g/mol. The molecule has 0 radical (unpaired) electrons. The van der Waals surface area contributed by atoms with Crippen LogP contribution in [0.4, 0.5) is 5.69 Å². The molecule has 0 atom stereocenters. The second-order valence-corrected chi connectivity index (χ2v) is 7.57. The number of hydrogen-bond donors (Lipinski definition) is 2. The van der Waals surface area contributed by atoms with Crippen LogP contribution in [0.25, 0.3) is 16.8 Å². The number of aryl methyl sites for hydroxylation is 3. The Bertz CT molecular complexity index is 1230. The first-order chi connectivity index (χ1) is 13.4. The number of nitrogens with two attached hydrogens (primary N) is 1. The largest absolute Gasteiger partial charge is 0.399 e. The summed E-state index contributed by atoms with van der Waals surface area (Å²) in [6.07, 6.45) is 1.41. The summed E-state index contributed by atoms with van der Waals surface area (Å²) in [5.74, 6) is 0. The van der Waals surface area contributed by atoms with Gasteiger partial charge in [-0.2, -0.15) is 0 Å². The van der Waals surface area contributed by atoms with Gasteiger partial charge in [-0.1, -0.05) is 41.4 Å². The Labute approximate surface area is 171 Å². The Hall–Kier alpha value is -2.76. The molecule has 7 heteroatoms. The number of nitrogen functional groups attached to an aromatic ring is 1. The van der Waals surface area contributed by atoms with E-state index in [1.54, 1.807) is 18.2 Å². The highest BCUT2D eigenvalue weighted by Crippen LogP contribution is 2.34. The number of halogens is 2. The maximum atomic E-state index is 12.6. The lowest BCUT2D eigenvalue weighted by molar-refractivity contribution is 0.844. The average molecular weight is 413 g/mol. The van der Waals surface area contributed by atoms with Gasteiger partial charge >= 0.3 is 0 Å². The summed E-state index contributed by atoms with van der Waals surface area (Å²) in [5, 5.41) is 4.15. The van der Waals surface area contributed by atoms with E-state index in [1.807, 2.05) is 37.3 Å². The lowest BCUT2D eigenvalue weighted by atomic mass is 10.1. The van der Waals surface area contributed by atoms with Crippen molar-refractivity contribution < 1.29 is 0 Å². The van der Waals surface area contributed by atoms with Gasteiger partial charge in [0.2, 0.25) is 0 Å². The SMILES string of the molecule is Cc1[nH]n2c(=O)cc(CCc3ccc(N)cc3)nc2c1-c1ccc(Cl)cc1Cl. The molecule has 4 rings (SSSR count). The van der Waals surface area contributed by atoms with E-state index in [9.17, 15) is 4.79 Å². The zero-order chi connectivity index (χ0) is 19.8. The van der Waals surface area contributed by atoms with Crippen molar-refractivity contribution in [1.29, 1.82) is 0 Å². The van der Waals surface area contributed by atoms with Gasteiger partial charge in [0, 0.05) is 39.3 Å². The topological polar surface area (TPSA) is 76.2 Å². The van der Waals surface area contributed by atoms with Crippen LogP contribution in [0.5, 0.6) is 0 Å². The van der Waals surface area contributed by atoms with Crippen molar-refractivity contribution in [2.24, 2.45) is 0 Å². The molecule has 0 unspecified atom stereocenters. The normalized spacial score (nSPS) is 11.2. The molecule has 3 N–H and O–H groups in total. The summed E-state index contributed by atoms with van der Waals surface area (Å²) in [6, 6.07) is 14.6. The van der Waals surface area contributed by atoms with E-state index in [-0.39, 0.29) is 5.56 Å². The Morgan fingerprint density at radius 3 is 2.54 bits per heavy atom. The number of anilines is 1. The Morgan fingerprint density at radius 2 is 1.82 bits per heavy atom. The van der Waals surface area contributed by atoms with Crippen molar-refractivity contribution in [3.05, 3.63) is 85.9 Å². The Balaban J connectivity index is 1.76. The third-order valence-corrected chi connectivity index (χ3v) is 5.25. The lowest BCUT2D eigenvalue weighted by Gasteiger charge is -2.06. The monoisotopic (exact) mass is 412 g/mol. The Morgan fingerprint density at radius 1 is 1.07 bits per heavy atom. The van der Waals surface area contributed by atoms with Gasteiger partial charge in [0.25, 0.3) is 5.56 Å². The van der Waals surface area contributed by atoms with E-state index in [0.717, 1.165) is 40.2 Å². The van der Waals surface area contributed by atoms with E-state index in [0.29, 0.717) is 22.1 Å². The molecule has 2 heterocycles. The lowest BCUT2D eigenvalue weighted by Crippen LogP contribution is -2.16. The van der Waals surface area contributed by atoms with Gasteiger partial charge in [-0.25, -0.2) is 9.50 Å². The smallest absolute Gasteiger partial charge is 0.272 e. The predicted molar refractivity (Wildman–Crippen MR) is 114 cm³/mol. The summed E-state index contributed by atoms with van der Waals surface area (Å²) < 4.78 is 1.45. The molecule has 0 saturated carbocycles. The third kappa shape index (κ3) is 3.51. The van der Waals surface area contributed by atoms with Gasteiger partial charge < -0.3 is 5.73 Å². The maximum absolute atomic E-state index is 12.6. The van der Waals surface area contributed by atoms with E-state index >= 15 is 0 Å². The number of nitrogens with one attached hydrogen (secondary N) is 1. The first-order valence-corrected chi connectivity index (χ1v) is 9.59. The fourth-order valence-corrected chi connectivity index (χ4v) is 3.80. The van der Waals surface area contributed by atoms with E-state index in [2.05, 4.69) is 5.10 Å². The van der Waals surface area contributed by atoms with Gasteiger partial charge in [-0.3, -0.25) is 9.89 Å². The first-order valence-electron chi connectivity index (χ1n) is 8.83. The molecule has 2 aromatic carbocycles. The van der Waals surface area contributed by atoms with E-state index in [1.165, 1.54) is 4.52 Å². The number of hydrogen-bond acceptors (Lipinski definition) is 3. The minimum Gasteiger partial charge on any atom is -0.399 e. The summed E-state index contributed by atoms with van der Waals surface area (Å²) in [5.41, 5.74) is 11.1. The van der Waals surface area contributed by atoms with Crippen LogP contribution in [0.1, 0.15) is 17.0 Å². The molecule has 0 bridgehead atoms. The molecule has 0 aliphatic carbocycles. The van der Waals surface area contributed by atoms with Crippen LogP contribution < -0.4 is 11.3 Å². The fraction of sp³-hybridized carbons (Fsp3) is 0.143. The standard InChI is InChI=1S/C21H18Cl2N4O/c1-12-20(17-9-5-14(22)10-18(17)23)21-25-16(11-19(28)27(21)26-12)8-4-13-2-6-15(24)7-3-13/h2-3,5-7,9-11,26H,4,8,24H2,1H3. The van der Waals surface area contributed by atoms with Crippen molar-refractivity contribution in [3.63, 3.8) is 0 Å². The van der Waals surface area contributed by atoms with Crippen LogP contribution >= 0.6 is 23.2 Å². The van der Waals surface area contributed by atoms with Crippen LogP contribution in [-0.4, -0.2) is 14.6 Å². The van der Waals surface area contributed by atoms with E-state index in [4.69, 9.17) is 33.9 Å². The van der Waals surface area contributed by atoms with Crippen LogP contribution in [0.3, 0.4) is 0 Å². The molecule has 5 nitrogen and oxygen atoms in total. The molecular formula is C21H18Cl2N4O. The molecule has 142 valence electrons. The van der Waals surface area contributed by atoms with Crippen molar-refractivity contribution in [2.45, 2.75) is 19.8 Å². The number of aromatic nitrogens is 3. The van der Waals surface area contributed by atoms with Gasteiger partial charge in [-0.15, -0.1) is 0 Å². The van der Waals surface area contributed by atoms with Crippen molar-refractivity contribution in [2.75, 3.05) is 5.73 Å². The molecule has 0 fully saturated rings. The molecule has 0 aliphatic heterocycles. The van der Waals surface area contributed by atoms with Gasteiger partial charge in [0.15, 0.2) is 5.65 Å². The van der Waals surface area contributed by atoms with Crippen LogP contribution in [-0.2, 0) is 12.8 Å². The number of rotatable bonds is 4. The summed E-state index contributed by atoms with van der Waals surface area (Å²) in [6.45, 7) is 1.89.